The van der Waals surface area contributed by atoms with Gasteiger partial charge in [0.1, 0.15) is 30.7 Å². The number of carbonyl (C=O) groups is 2. The number of nitrogens with one attached hydrogen (secondary N) is 4. The molecule has 384 valence electrons. The van der Waals surface area contributed by atoms with E-state index in [1.54, 1.807) is 7.11 Å². The molecule has 1 aromatic heterocycles. The van der Waals surface area contributed by atoms with E-state index in [0.29, 0.717) is 79.1 Å². The number of rotatable bonds is 21. The fourth-order valence-corrected chi connectivity index (χ4v) is 11.0. The van der Waals surface area contributed by atoms with Crippen LogP contribution in [0.4, 0.5) is 28.7 Å². The van der Waals surface area contributed by atoms with Crippen LogP contribution in [0.2, 0.25) is 0 Å². The number of nitrogens with two attached hydrogens (primary N) is 1. The van der Waals surface area contributed by atoms with Gasteiger partial charge in [-0.2, -0.15) is 0 Å². The molecule has 2 amide bonds. The van der Waals surface area contributed by atoms with E-state index in [4.69, 9.17) is 20.2 Å². The highest BCUT2D eigenvalue weighted by Gasteiger charge is 2.45. The molecule has 4 saturated heterocycles. The lowest BCUT2D eigenvalue weighted by Gasteiger charge is -2.43. The zero-order chi connectivity index (χ0) is 49.1. The molecule has 3 aromatic rings. The zero-order valence-electron chi connectivity index (χ0n) is 41.2. The zero-order valence-corrected chi connectivity index (χ0v) is 41.2. The van der Waals surface area contributed by atoms with Gasteiger partial charge in [-0.3, -0.25) is 19.8 Å². The standard InChI is InChI=1S/C51H77N11O8/c1-3-37-47(54-33-21-30-70-31-22-33)58-48(45(56-37)46(52)65)55-34-15-16-39(41(32-34)69-2)60-24-19-35(20-25-60)59-26-28-61(29-27-59)43(64)14-9-7-5-4-6-8-10-23-53-38-13-11-12-36-44(38)51(68)62(50(36)67)40-17-18-42(63)57-49(40)66/h11-13,15-16,32-33,35,40,42,49-51,53,57,63,66-68H,3-10,14,17-31H2,1-2H3,(H2,52,65)(H2,54,55,58). The Morgan fingerprint density at radius 1 is 0.843 bits per heavy atom. The normalized spacial score (nSPS) is 23.8. The summed E-state index contributed by atoms with van der Waals surface area (Å²) in [4.78, 5) is 43.7. The molecule has 0 spiro atoms. The molecule has 0 radical (unpaired) electrons. The van der Waals surface area contributed by atoms with E-state index in [2.05, 4.69) is 47.0 Å². The Balaban J connectivity index is 0.703. The van der Waals surface area contributed by atoms with E-state index in [1.807, 2.05) is 37.3 Å². The molecule has 19 nitrogen and oxygen atoms in total. The number of hydrogen-bond acceptors (Lipinski definition) is 17. The molecule has 19 heteroatoms. The summed E-state index contributed by atoms with van der Waals surface area (Å²) >= 11 is 0. The van der Waals surface area contributed by atoms with Crippen LogP contribution in [0.5, 0.6) is 5.75 Å². The number of aromatic nitrogens is 2. The first-order valence-electron chi connectivity index (χ1n) is 25.9. The minimum atomic E-state index is -1.07. The van der Waals surface area contributed by atoms with Gasteiger partial charge >= 0.3 is 0 Å². The smallest absolute Gasteiger partial charge is 0.271 e. The monoisotopic (exact) mass is 972 g/mol. The topological polar surface area (TPSA) is 246 Å². The quantitative estimate of drug-likeness (QED) is 0.0667. The molecular weight excluding hydrogens is 895 g/mol. The average molecular weight is 972 g/mol. The number of piperazine rings is 1. The number of aliphatic hydroxyl groups excluding tert-OH is 4. The van der Waals surface area contributed by atoms with Crippen molar-refractivity contribution >= 4 is 40.5 Å². The summed E-state index contributed by atoms with van der Waals surface area (Å²) in [6, 6.07) is 11.7. The van der Waals surface area contributed by atoms with Gasteiger partial charge in [-0.05, 0) is 76.0 Å². The highest BCUT2D eigenvalue weighted by Crippen LogP contribution is 2.46. The Bertz CT molecular complexity index is 2200. The van der Waals surface area contributed by atoms with Gasteiger partial charge in [0, 0.05) is 106 Å². The number of nitrogens with zero attached hydrogens (tertiary/aromatic N) is 6. The highest BCUT2D eigenvalue weighted by molar-refractivity contribution is 5.96. The molecule has 5 atom stereocenters. The van der Waals surface area contributed by atoms with Gasteiger partial charge in [-0.25, -0.2) is 14.9 Å². The van der Waals surface area contributed by atoms with Crippen LogP contribution in [0.15, 0.2) is 36.4 Å². The van der Waals surface area contributed by atoms with E-state index in [-0.39, 0.29) is 17.6 Å². The second-order valence-electron chi connectivity index (χ2n) is 19.5. The number of carbonyl (C=O) groups excluding carboxylic acids is 2. The Morgan fingerprint density at radius 2 is 1.57 bits per heavy atom. The lowest BCUT2D eigenvalue weighted by atomic mass is 10.0. The molecule has 0 saturated carbocycles. The molecule has 5 aliphatic rings. The number of ether oxygens (including phenoxy) is 2. The van der Waals surface area contributed by atoms with Gasteiger partial charge < -0.3 is 61.4 Å². The summed E-state index contributed by atoms with van der Waals surface area (Å²) < 4.78 is 11.4. The number of aryl methyl sites for hydroxylation is 1. The largest absolute Gasteiger partial charge is 0.495 e. The van der Waals surface area contributed by atoms with Crippen molar-refractivity contribution in [3.8, 4) is 5.75 Å². The van der Waals surface area contributed by atoms with Gasteiger partial charge in [-0.15, -0.1) is 0 Å². The maximum Gasteiger partial charge on any atom is 0.271 e. The molecule has 0 aliphatic carbocycles. The summed E-state index contributed by atoms with van der Waals surface area (Å²) in [5.74, 6) is 1.30. The number of anilines is 5. The van der Waals surface area contributed by atoms with Crippen LogP contribution in [0.3, 0.4) is 0 Å². The second kappa shape index (κ2) is 24.5. The molecule has 8 rings (SSSR count). The molecule has 0 bridgehead atoms. The van der Waals surface area contributed by atoms with Gasteiger partial charge in [0.15, 0.2) is 17.3 Å². The first-order chi connectivity index (χ1) is 34.0. The highest BCUT2D eigenvalue weighted by atomic mass is 16.5. The van der Waals surface area contributed by atoms with Crippen LogP contribution in [0.25, 0.3) is 0 Å². The Kier molecular flexibility index (Phi) is 18.0. The Labute approximate surface area is 412 Å². The number of hydrogen-bond donors (Lipinski definition) is 9. The van der Waals surface area contributed by atoms with Crippen LogP contribution in [-0.2, 0) is 16.0 Å². The number of piperidine rings is 2. The SMILES string of the molecule is CCc1nc(C(N)=O)c(Nc2ccc(N3CCC(N4CCN(C(=O)CCCCCCCCCNc5cccc6c5C(O)N(C5CCC(O)NC5O)C6O)CC4)CC3)c(OC)c2)nc1NC1CCOCC1. The first-order valence-corrected chi connectivity index (χ1v) is 25.9. The summed E-state index contributed by atoms with van der Waals surface area (Å²) in [6.07, 6.45) is 9.28. The van der Waals surface area contributed by atoms with Crippen molar-refractivity contribution in [1.29, 1.82) is 0 Å². The third-order valence-electron chi connectivity index (χ3n) is 15.0. The molecule has 70 heavy (non-hydrogen) atoms. The fourth-order valence-electron chi connectivity index (χ4n) is 11.0. The second-order valence-corrected chi connectivity index (χ2v) is 19.5. The fraction of sp³-hybridized carbons (Fsp3) is 0.647. The summed E-state index contributed by atoms with van der Waals surface area (Å²) in [7, 11) is 1.67. The van der Waals surface area contributed by atoms with Crippen molar-refractivity contribution in [3.63, 3.8) is 0 Å². The average Bonchev–Trinajstić information content (AvgIpc) is 3.63. The molecule has 4 fully saturated rings. The van der Waals surface area contributed by atoms with Crippen molar-refractivity contribution in [2.45, 2.75) is 146 Å². The number of amides is 2. The lowest BCUT2D eigenvalue weighted by Crippen LogP contribution is -2.57. The summed E-state index contributed by atoms with van der Waals surface area (Å²) in [5.41, 5.74) is 10.4. The number of benzene rings is 2. The third kappa shape index (κ3) is 12.4. The number of primary amides is 1. The van der Waals surface area contributed by atoms with Crippen LogP contribution in [0, 0.1) is 0 Å². The Hall–Kier alpha value is -4.86. The van der Waals surface area contributed by atoms with Gasteiger partial charge in [0.25, 0.3) is 5.91 Å². The molecular formula is C51H77N11O8. The van der Waals surface area contributed by atoms with E-state index in [0.717, 1.165) is 134 Å². The van der Waals surface area contributed by atoms with Crippen molar-refractivity contribution in [2.75, 3.05) is 87.0 Å². The molecule has 5 aliphatic heterocycles. The lowest BCUT2D eigenvalue weighted by molar-refractivity contribution is -0.158. The number of unbranched alkanes of at least 4 members (excludes halogenated alkanes) is 6. The maximum atomic E-state index is 13.2. The molecule has 10 N–H and O–H groups in total. The number of aliphatic hydroxyl groups is 4. The van der Waals surface area contributed by atoms with E-state index >= 15 is 0 Å². The Morgan fingerprint density at radius 3 is 2.27 bits per heavy atom. The van der Waals surface area contributed by atoms with Crippen molar-refractivity contribution in [3.05, 3.63) is 58.9 Å². The van der Waals surface area contributed by atoms with Crippen molar-refractivity contribution in [2.24, 2.45) is 5.73 Å². The van der Waals surface area contributed by atoms with Crippen LogP contribution >= 0.6 is 0 Å². The predicted octanol–water partition coefficient (Wildman–Crippen LogP) is 4.51. The van der Waals surface area contributed by atoms with Crippen LogP contribution < -0.4 is 36.6 Å². The maximum absolute atomic E-state index is 13.2. The van der Waals surface area contributed by atoms with E-state index in [9.17, 15) is 30.0 Å². The van der Waals surface area contributed by atoms with Gasteiger partial charge in [0.2, 0.25) is 5.91 Å². The molecule has 5 unspecified atom stereocenters. The summed E-state index contributed by atoms with van der Waals surface area (Å²) in [6.45, 7) is 9.26. The van der Waals surface area contributed by atoms with Crippen LogP contribution in [-0.4, -0.2) is 154 Å². The van der Waals surface area contributed by atoms with E-state index < -0.39 is 36.9 Å². The predicted molar refractivity (Wildman–Crippen MR) is 269 cm³/mol. The van der Waals surface area contributed by atoms with Gasteiger partial charge in [0.05, 0.1) is 24.5 Å². The molecule has 2 aromatic carbocycles. The summed E-state index contributed by atoms with van der Waals surface area (Å²) in [5, 5.41) is 55.7. The van der Waals surface area contributed by atoms with Crippen LogP contribution in [0.1, 0.15) is 137 Å². The third-order valence-corrected chi connectivity index (χ3v) is 15.0. The minimum Gasteiger partial charge on any atom is -0.495 e. The van der Waals surface area contributed by atoms with Gasteiger partial charge in [-0.1, -0.05) is 51.2 Å². The first kappa shape index (κ1) is 51.5. The van der Waals surface area contributed by atoms with Crippen molar-refractivity contribution in [1.82, 2.24) is 30.0 Å². The number of fused-ring (bicyclic) bond motifs is 1. The van der Waals surface area contributed by atoms with Crippen molar-refractivity contribution < 1.29 is 39.5 Å². The van der Waals surface area contributed by atoms with E-state index in [1.165, 1.54) is 4.90 Å². The molecule has 6 heterocycles. The number of methoxy groups -OCH3 is 1. The minimum absolute atomic E-state index is 0.0962.